The number of nitro groups is 1. The van der Waals surface area contributed by atoms with Crippen molar-refractivity contribution >= 4 is 28.0 Å². The number of non-ortho nitro benzene ring substituents is 1. The lowest BCUT2D eigenvalue weighted by atomic mass is 10.1. The highest BCUT2D eigenvalue weighted by Gasteiger charge is 2.15. The fraction of sp³-hybridized carbons (Fsp3) is 0. The molecular formula is C17H9N7O3. The summed E-state index contributed by atoms with van der Waals surface area (Å²) in [4.78, 5) is 29.7. The maximum atomic E-state index is 12.3. The lowest BCUT2D eigenvalue weighted by molar-refractivity contribution is -0.384. The molecule has 10 nitrogen and oxygen atoms in total. The first-order chi connectivity index (χ1) is 13.0. The van der Waals surface area contributed by atoms with Crippen LogP contribution in [0.2, 0.25) is 0 Å². The minimum atomic E-state index is -0.606. The van der Waals surface area contributed by atoms with Gasteiger partial charge in [-0.05, 0) is 18.2 Å². The standard InChI is InChI=1S/C17H9N7O3/c18-8-10(9-19)22-23-15-7-11(24(26)27)5-6-12(15)16-20-14-4-2-1-3-13(14)17(25)21-16/h1-7,23H,(H,20,21,25). The van der Waals surface area contributed by atoms with E-state index < -0.39 is 10.6 Å². The van der Waals surface area contributed by atoms with E-state index in [0.29, 0.717) is 16.5 Å². The second-order valence-electron chi connectivity index (χ2n) is 5.21. The topological polar surface area (TPSA) is 161 Å². The highest BCUT2D eigenvalue weighted by molar-refractivity contribution is 6.10. The Morgan fingerprint density at radius 1 is 1.22 bits per heavy atom. The van der Waals surface area contributed by atoms with Crippen molar-refractivity contribution in [2.75, 3.05) is 5.43 Å². The number of nitrogens with zero attached hydrogens (tertiary/aromatic N) is 5. The predicted octanol–water partition coefficient (Wildman–Crippen LogP) is 2.31. The highest BCUT2D eigenvalue weighted by Crippen LogP contribution is 2.29. The number of hydrogen-bond acceptors (Lipinski definition) is 8. The molecule has 10 heteroatoms. The molecule has 0 saturated heterocycles. The van der Waals surface area contributed by atoms with Crippen molar-refractivity contribution in [2.24, 2.45) is 5.10 Å². The number of aromatic amines is 1. The third-order valence-corrected chi connectivity index (χ3v) is 3.58. The first kappa shape index (κ1) is 17.3. The van der Waals surface area contributed by atoms with Crippen LogP contribution < -0.4 is 11.0 Å². The molecule has 0 unspecified atom stereocenters. The van der Waals surface area contributed by atoms with Gasteiger partial charge in [0.1, 0.15) is 18.0 Å². The van der Waals surface area contributed by atoms with Gasteiger partial charge < -0.3 is 4.98 Å². The number of hydrazone groups is 1. The number of nitriles is 2. The number of hydrogen-bond donors (Lipinski definition) is 2. The van der Waals surface area contributed by atoms with E-state index in [1.807, 2.05) is 0 Å². The van der Waals surface area contributed by atoms with E-state index >= 15 is 0 Å². The van der Waals surface area contributed by atoms with Gasteiger partial charge in [-0.2, -0.15) is 15.6 Å². The first-order valence-corrected chi connectivity index (χ1v) is 7.45. The van der Waals surface area contributed by atoms with E-state index in [9.17, 15) is 14.9 Å². The van der Waals surface area contributed by atoms with E-state index in [1.54, 1.807) is 36.4 Å². The van der Waals surface area contributed by atoms with Gasteiger partial charge in [0, 0.05) is 17.7 Å². The molecule has 130 valence electrons. The number of rotatable bonds is 4. The molecule has 27 heavy (non-hydrogen) atoms. The first-order valence-electron chi connectivity index (χ1n) is 7.45. The summed E-state index contributed by atoms with van der Waals surface area (Å²) < 4.78 is 0. The third kappa shape index (κ3) is 3.45. The Labute approximate surface area is 151 Å². The zero-order valence-electron chi connectivity index (χ0n) is 13.5. The maximum Gasteiger partial charge on any atom is 0.271 e. The molecule has 0 atom stereocenters. The average Bonchev–Trinajstić information content (AvgIpc) is 2.68. The van der Waals surface area contributed by atoms with E-state index in [1.165, 1.54) is 18.2 Å². The summed E-state index contributed by atoms with van der Waals surface area (Å²) in [5, 5.41) is 32.6. The van der Waals surface area contributed by atoms with Crippen molar-refractivity contribution < 1.29 is 4.92 Å². The molecule has 0 bridgehead atoms. The van der Waals surface area contributed by atoms with Gasteiger partial charge in [0.25, 0.3) is 11.2 Å². The van der Waals surface area contributed by atoms with Crippen LogP contribution in [0.15, 0.2) is 52.4 Å². The van der Waals surface area contributed by atoms with Crippen LogP contribution in [0.5, 0.6) is 0 Å². The molecule has 0 radical (unpaired) electrons. The summed E-state index contributed by atoms with van der Waals surface area (Å²) in [6.45, 7) is 0. The number of H-pyrrole nitrogens is 1. The van der Waals surface area contributed by atoms with Crippen LogP contribution in [0, 0.1) is 32.8 Å². The molecule has 0 spiro atoms. The fourth-order valence-corrected chi connectivity index (χ4v) is 2.35. The second-order valence-corrected chi connectivity index (χ2v) is 5.21. The largest absolute Gasteiger partial charge is 0.306 e. The zero-order chi connectivity index (χ0) is 19.4. The number of nitrogens with one attached hydrogen (secondary N) is 2. The molecule has 3 rings (SSSR count). The van der Waals surface area contributed by atoms with Gasteiger partial charge in [-0.25, -0.2) is 4.98 Å². The molecular weight excluding hydrogens is 350 g/mol. The van der Waals surface area contributed by atoms with Crippen LogP contribution >= 0.6 is 0 Å². The van der Waals surface area contributed by atoms with E-state index in [-0.39, 0.29) is 22.8 Å². The van der Waals surface area contributed by atoms with Crippen LogP contribution in [0.3, 0.4) is 0 Å². The van der Waals surface area contributed by atoms with Gasteiger partial charge in [-0.1, -0.05) is 12.1 Å². The number of nitro benzene ring substituents is 1. The molecule has 0 amide bonds. The second kappa shape index (κ2) is 7.13. The summed E-state index contributed by atoms with van der Waals surface area (Å²) in [5.74, 6) is 0.154. The van der Waals surface area contributed by atoms with E-state index in [0.717, 1.165) is 0 Å². The zero-order valence-corrected chi connectivity index (χ0v) is 13.5. The SMILES string of the molecule is N#CC(C#N)=NNc1cc([N+](=O)[O-])ccc1-c1nc2ccccc2c(=O)[nH]1. The van der Waals surface area contributed by atoms with Gasteiger partial charge in [0.05, 0.1) is 21.5 Å². The Hall–Kier alpha value is -4.57. The highest BCUT2D eigenvalue weighted by atomic mass is 16.6. The Morgan fingerprint density at radius 2 is 1.96 bits per heavy atom. The summed E-state index contributed by atoms with van der Waals surface area (Å²) in [6.07, 6.45) is 0. The van der Waals surface area contributed by atoms with E-state index in [2.05, 4.69) is 20.5 Å². The van der Waals surface area contributed by atoms with Crippen molar-refractivity contribution in [1.29, 1.82) is 10.5 Å². The summed E-state index contributed by atoms with van der Waals surface area (Å²) in [5.41, 5.74) is 2.22. The summed E-state index contributed by atoms with van der Waals surface area (Å²) in [6, 6.07) is 13.7. The fourth-order valence-electron chi connectivity index (χ4n) is 2.35. The monoisotopic (exact) mass is 359 g/mol. The molecule has 0 fully saturated rings. The Kier molecular flexibility index (Phi) is 4.55. The van der Waals surface area contributed by atoms with Crippen molar-refractivity contribution in [2.45, 2.75) is 0 Å². The van der Waals surface area contributed by atoms with Crippen LogP contribution in [-0.4, -0.2) is 20.6 Å². The Bertz CT molecular complexity index is 1220. The number of aromatic nitrogens is 2. The molecule has 0 aliphatic carbocycles. The van der Waals surface area contributed by atoms with Gasteiger partial charge in [0.15, 0.2) is 0 Å². The lowest BCUT2D eigenvalue weighted by Gasteiger charge is -2.09. The molecule has 3 aromatic rings. The number of benzene rings is 2. The maximum absolute atomic E-state index is 12.3. The van der Waals surface area contributed by atoms with Crippen LogP contribution in [-0.2, 0) is 0 Å². The van der Waals surface area contributed by atoms with Gasteiger partial charge in [0.2, 0.25) is 5.71 Å². The minimum absolute atomic E-state index is 0.102. The molecule has 0 aliphatic rings. The molecule has 1 heterocycles. The van der Waals surface area contributed by atoms with Gasteiger partial charge in [-0.15, -0.1) is 0 Å². The number of para-hydroxylation sites is 1. The van der Waals surface area contributed by atoms with Crippen LogP contribution in [0.4, 0.5) is 11.4 Å². The predicted molar refractivity (Wildman–Crippen MR) is 96.7 cm³/mol. The normalized spacial score (nSPS) is 9.85. The van der Waals surface area contributed by atoms with Crippen molar-refractivity contribution in [3.8, 4) is 23.5 Å². The van der Waals surface area contributed by atoms with Crippen molar-refractivity contribution in [3.63, 3.8) is 0 Å². The van der Waals surface area contributed by atoms with E-state index in [4.69, 9.17) is 10.5 Å². The number of fused-ring (bicyclic) bond motifs is 1. The smallest absolute Gasteiger partial charge is 0.271 e. The molecule has 0 aliphatic heterocycles. The Morgan fingerprint density at radius 3 is 2.67 bits per heavy atom. The molecule has 0 saturated carbocycles. The van der Waals surface area contributed by atoms with Crippen LogP contribution in [0.25, 0.3) is 22.3 Å². The molecule has 2 N–H and O–H groups in total. The minimum Gasteiger partial charge on any atom is -0.306 e. The summed E-state index contributed by atoms with van der Waals surface area (Å²) >= 11 is 0. The average molecular weight is 359 g/mol. The molecule has 2 aromatic carbocycles. The van der Waals surface area contributed by atoms with Crippen molar-refractivity contribution in [1.82, 2.24) is 9.97 Å². The Balaban J connectivity index is 2.19. The van der Waals surface area contributed by atoms with Crippen molar-refractivity contribution in [3.05, 3.63) is 62.9 Å². The lowest BCUT2D eigenvalue weighted by Crippen LogP contribution is -2.10. The molecule has 1 aromatic heterocycles. The van der Waals surface area contributed by atoms with Gasteiger partial charge >= 0.3 is 0 Å². The summed E-state index contributed by atoms with van der Waals surface area (Å²) in [7, 11) is 0. The number of anilines is 1. The quantitative estimate of drug-likeness (QED) is 0.410. The van der Waals surface area contributed by atoms with Crippen LogP contribution in [0.1, 0.15) is 0 Å². The van der Waals surface area contributed by atoms with Gasteiger partial charge in [-0.3, -0.25) is 20.3 Å². The third-order valence-electron chi connectivity index (χ3n) is 3.58.